The lowest BCUT2D eigenvalue weighted by molar-refractivity contribution is 0.0714. The molecule has 9 heteroatoms. The van der Waals surface area contributed by atoms with Gasteiger partial charge in [-0.3, -0.25) is 4.79 Å². The van der Waals surface area contributed by atoms with Gasteiger partial charge in [-0.05, 0) is 66.8 Å². The molecule has 1 amide bonds. The minimum absolute atomic E-state index is 0.167. The van der Waals surface area contributed by atoms with Crippen molar-refractivity contribution in [1.29, 1.82) is 0 Å². The fraction of sp³-hybridized carbons (Fsp3) is 0.435. The number of likely N-dealkylation sites (tertiary alicyclic amines) is 1. The van der Waals surface area contributed by atoms with Gasteiger partial charge in [0.05, 0.1) is 7.11 Å². The Kier molecular flexibility index (Phi) is 5.73. The molecule has 5 rings (SSSR count). The normalized spacial score (nSPS) is 18.5. The van der Waals surface area contributed by atoms with Crippen molar-refractivity contribution >= 4 is 38.2 Å². The van der Waals surface area contributed by atoms with Crippen LogP contribution in [-0.2, 0) is 10.0 Å². The fourth-order valence-electron chi connectivity index (χ4n) is 4.85. The van der Waals surface area contributed by atoms with E-state index in [1.165, 1.54) is 21.2 Å². The van der Waals surface area contributed by atoms with E-state index >= 15 is 0 Å². The zero-order valence-corrected chi connectivity index (χ0v) is 19.7. The minimum Gasteiger partial charge on any atom is -0.497 e. The summed E-state index contributed by atoms with van der Waals surface area (Å²) in [5, 5.41) is 2.87. The number of nitrogens with one attached hydrogen (secondary N) is 1. The van der Waals surface area contributed by atoms with Gasteiger partial charge in [-0.2, -0.15) is 4.31 Å². The number of rotatable bonds is 5. The highest BCUT2D eigenvalue weighted by Gasteiger charge is 2.34. The molecule has 32 heavy (non-hydrogen) atoms. The van der Waals surface area contributed by atoms with Crippen molar-refractivity contribution < 1.29 is 17.9 Å². The second-order valence-electron chi connectivity index (χ2n) is 8.45. The molecule has 170 valence electrons. The van der Waals surface area contributed by atoms with E-state index in [1.54, 1.807) is 23.5 Å². The number of thiophene rings is 1. The summed E-state index contributed by atoms with van der Waals surface area (Å²) in [6.45, 7) is 2.29. The van der Waals surface area contributed by atoms with Gasteiger partial charge in [0.2, 0.25) is 10.0 Å². The first kappa shape index (κ1) is 21.5. The topological polar surface area (TPSA) is 82.7 Å². The van der Waals surface area contributed by atoms with E-state index in [2.05, 4.69) is 17.2 Å². The smallest absolute Gasteiger partial charge is 0.265 e. The molecule has 4 heterocycles. The Morgan fingerprint density at radius 3 is 2.59 bits per heavy atom. The van der Waals surface area contributed by atoms with Gasteiger partial charge in [0.15, 0.2) is 0 Å². The predicted octanol–water partition coefficient (Wildman–Crippen LogP) is 4.04. The number of H-pyrrole nitrogens is 1. The summed E-state index contributed by atoms with van der Waals surface area (Å²) in [6, 6.07) is 7.60. The lowest BCUT2D eigenvalue weighted by atomic mass is 9.89. The number of hydrogen-bond donors (Lipinski definition) is 1. The average Bonchev–Trinajstić information content (AvgIpc) is 3.59. The molecule has 1 N–H and O–H groups in total. The van der Waals surface area contributed by atoms with Crippen LogP contribution in [0.1, 0.15) is 46.8 Å². The second kappa shape index (κ2) is 8.53. The molecular formula is C23H27N3O4S2. The Bertz CT molecular complexity index is 1230. The van der Waals surface area contributed by atoms with Crippen molar-refractivity contribution in [1.82, 2.24) is 14.2 Å². The molecule has 0 unspecified atom stereocenters. The number of piperidine rings is 1. The summed E-state index contributed by atoms with van der Waals surface area (Å²) in [6.07, 6.45) is 5.50. The number of ether oxygens (including phenoxy) is 1. The van der Waals surface area contributed by atoms with Gasteiger partial charge in [0.1, 0.15) is 15.5 Å². The number of carbonyl (C=O) groups is 1. The van der Waals surface area contributed by atoms with Crippen LogP contribution in [0.15, 0.2) is 40.7 Å². The van der Waals surface area contributed by atoms with Gasteiger partial charge in [0.25, 0.3) is 5.91 Å². The van der Waals surface area contributed by atoms with Crippen LogP contribution in [0.3, 0.4) is 0 Å². The maximum Gasteiger partial charge on any atom is 0.265 e. The number of methoxy groups -OCH3 is 1. The second-order valence-corrected chi connectivity index (χ2v) is 11.3. The summed E-state index contributed by atoms with van der Waals surface area (Å²) < 4.78 is 33.0. The summed E-state index contributed by atoms with van der Waals surface area (Å²) in [5.41, 5.74) is 2.33. The number of aromatic amines is 1. The highest BCUT2D eigenvalue weighted by atomic mass is 32.2. The first-order valence-electron chi connectivity index (χ1n) is 11.0. The van der Waals surface area contributed by atoms with E-state index in [1.807, 2.05) is 12.1 Å². The molecule has 2 aliphatic rings. The Morgan fingerprint density at radius 2 is 1.88 bits per heavy atom. The number of hydrogen-bond acceptors (Lipinski definition) is 5. The van der Waals surface area contributed by atoms with Crippen LogP contribution in [0, 0.1) is 0 Å². The molecule has 2 fully saturated rings. The quantitative estimate of drug-likeness (QED) is 0.606. The monoisotopic (exact) mass is 473 g/mol. The van der Waals surface area contributed by atoms with E-state index in [0.29, 0.717) is 37.0 Å². The van der Waals surface area contributed by atoms with E-state index in [-0.39, 0.29) is 10.8 Å². The molecule has 2 saturated heterocycles. The van der Waals surface area contributed by atoms with Gasteiger partial charge < -0.3 is 14.6 Å². The molecule has 0 radical (unpaired) electrons. The zero-order valence-electron chi connectivity index (χ0n) is 18.0. The Hall–Kier alpha value is -2.36. The molecule has 0 aliphatic carbocycles. The molecule has 0 bridgehead atoms. The Morgan fingerprint density at radius 1 is 1.12 bits per heavy atom. The number of nitrogens with zero attached hydrogens (tertiary/aromatic N) is 2. The van der Waals surface area contributed by atoms with E-state index < -0.39 is 10.0 Å². The standard InChI is InChI=1S/C23H27N3O4S2/c1-30-17-4-5-20-18(14-17)19(15-24-20)16-6-11-25(12-7-16)23(27)22-21(8-13-31-22)32(28,29)26-9-2-3-10-26/h4-5,8,13-16,24H,2-3,6-7,9-12H2,1H3. The molecule has 2 aromatic heterocycles. The molecule has 0 atom stereocenters. The number of benzene rings is 1. The lowest BCUT2D eigenvalue weighted by Crippen LogP contribution is -2.38. The van der Waals surface area contributed by atoms with E-state index in [4.69, 9.17) is 4.74 Å². The van der Waals surface area contributed by atoms with Gasteiger partial charge in [-0.25, -0.2) is 8.42 Å². The van der Waals surface area contributed by atoms with Crippen molar-refractivity contribution in [3.8, 4) is 5.75 Å². The highest BCUT2D eigenvalue weighted by molar-refractivity contribution is 7.89. The number of sulfonamides is 1. The van der Waals surface area contributed by atoms with Gasteiger partial charge in [-0.1, -0.05) is 0 Å². The van der Waals surface area contributed by atoms with Crippen molar-refractivity contribution in [3.05, 3.63) is 46.3 Å². The van der Waals surface area contributed by atoms with Gasteiger partial charge >= 0.3 is 0 Å². The molecule has 0 spiro atoms. The van der Waals surface area contributed by atoms with Crippen LogP contribution in [0.2, 0.25) is 0 Å². The van der Waals surface area contributed by atoms with Crippen LogP contribution in [-0.4, -0.2) is 61.8 Å². The van der Waals surface area contributed by atoms with Crippen LogP contribution >= 0.6 is 11.3 Å². The Labute approximate surface area is 192 Å². The summed E-state index contributed by atoms with van der Waals surface area (Å²) in [7, 11) is -1.94. The molecule has 2 aliphatic heterocycles. The van der Waals surface area contributed by atoms with Crippen LogP contribution < -0.4 is 4.74 Å². The van der Waals surface area contributed by atoms with Crippen LogP contribution in [0.5, 0.6) is 5.75 Å². The van der Waals surface area contributed by atoms with E-state index in [9.17, 15) is 13.2 Å². The lowest BCUT2D eigenvalue weighted by Gasteiger charge is -2.32. The molecule has 0 saturated carbocycles. The third kappa shape index (κ3) is 3.72. The maximum atomic E-state index is 13.3. The summed E-state index contributed by atoms with van der Waals surface area (Å²) in [4.78, 5) is 18.9. The maximum absolute atomic E-state index is 13.3. The Balaban J connectivity index is 1.32. The number of carbonyl (C=O) groups excluding carboxylic acids is 1. The number of amides is 1. The van der Waals surface area contributed by atoms with E-state index in [0.717, 1.165) is 42.3 Å². The first-order chi connectivity index (χ1) is 15.5. The third-order valence-corrected chi connectivity index (χ3v) is 9.62. The predicted molar refractivity (Wildman–Crippen MR) is 125 cm³/mol. The van der Waals surface area contributed by atoms with Crippen molar-refractivity contribution in [2.75, 3.05) is 33.3 Å². The van der Waals surface area contributed by atoms with Crippen LogP contribution in [0.25, 0.3) is 10.9 Å². The van der Waals surface area contributed by atoms with Crippen molar-refractivity contribution in [2.24, 2.45) is 0 Å². The number of fused-ring (bicyclic) bond motifs is 1. The average molecular weight is 474 g/mol. The SMILES string of the molecule is COc1ccc2[nH]cc(C3CCN(C(=O)c4sccc4S(=O)(=O)N4CCCC4)CC3)c2c1. The zero-order chi connectivity index (χ0) is 22.3. The highest BCUT2D eigenvalue weighted by Crippen LogP contribution is 2.36. The molecular weight excluding hydrogens is 446 g/mol. The molecule has 7 nitrogen and oxygen atoms in total. The van der Waals surface area contributed by atoms with Gasteiger partial charge in [0, 0.05) is 43.3 Å². The van der Waals surface area contributed by atoms with Crippen molar-refractivity contribution in [3.63, 3.8) is 0 Å². The minimum atomic E-state index is -3.61. The van der Waals surface area contributed by atoms with Gasteiger partial charge in [-0.15, -0.1) is 11.3 Å². The third-order valence-electron chi connectivity index (χ3n) is 6.65. The molecule has 1 aromatic carbocycles. The number of aromatic nitrogens is 1. The van der Waals surface area contributed by atoms with Crippen molar-refractivity contribution in [2.45, 2.75) is 36.5 Å². The summed E-state index contributed by atoms with van der Waals surface area (Å²) in [5.74, 6) is 1.00. The first-order valence-corrected chi connectivity index (χ1v) is 13.3. The summed E-state index contributed by atoms with van der Waals surface area (Å²) >= 11 is 1.23. The fourth-order valence-corrected chi connectivity index (χ4v) is 7.73. The van der Waals surface area contributed by atoms with Crippen LogP contribution in [0.4, 0.5) is 0 Å². The largest absolute Gasteiger partial charge is 0.497 e. The molecule has 3 aromatic rings.